The van der Waals surface area contributed by atoms with E-state index in [9.17, 15) is 9.59 Å². The molecule has 6 nitrogen and oxygen atoms in total. The first-order valence-corrected chi connectivity index (χ1v) is 9.90. The minimum atomic E-state index is 0.0898. The molecule has 0 radical (unpaired) electrons. The molecule has 3 rings (SSSR count). The van der Waals surface area contributed by atoms with E-state index in [0.717, 1.165) is 18.4 Å². The van der Waals surface area contributed by atoms with Crippen molar-refractivity contribution in [1.29, 1.82) is 0 Å². The summed E-state index contributed by atoms with van der Waals surface area (Å²) in [7, 11) is 3.18. The molecule has 1 saturated carbocycles. The Balaban J connectivity index is 1.52. The molecule has 148 valence electrons. The van der Waals surface area contributed by atoms with Gasteiger partial charge in [-0.25, -0.2) is 0 Å². The molecule has 1 aromatic carbocycles. The van der Waals surface area contributed by atoms with Gasteiger partial charge in [-0.3, -0.25) is 9.59 Å². The molecule has 0 aromatic heterocycles. The monoisotopic (exact) mass is 374 g/mol. The SMILES string of the molecule is COc1ccc(CC(=O)N2CCN(C(=O)C3CCCCC3)CC2)cc1OC. The Kier molecular flexibility index (Phi) is 6.58. The summed E-state index contributed by atoms with van der Waals surface area (Å²) in [6.07, 6.45) is 5.97. The highest BCUT2D eigenvalue weighted by Crippen LogP contribution is 2.28. The average Bonchev–Trinajstić information content (AvgIpc) is 2.73. The first-order valence-electron chi connectivity index (χ1n) is 9.90. The van der Waals surface area contributed by atoms with Crippen molar-refractivity contribution in [1.82, 2.24) is 9.80 Å². The van der Waals surface area contributed by atoms with Crippen LogP contribution < -0.4 is 9.47 Å². The van der Waals surface area contributed by atoms with Crippen molar-refractivity contribution < 1.29 is 19.1 Å². The van der Waals surface area contributed by atoms with Crippen LogP contribution in [-0.4, -0.2) is 62.0 Å². The average molecular weight is 374 g/mol. The van der Waals surface area contributed by atoms with Crippen LogP contribution in [0.2, 0.25) is 0 Å². The van der Waals surface area contributed by atoms with Gasteiger partial charge in [-0.2, -0.15) is 0 Å². The topological polar surface area (TPSA) is 59.1 Å². The second-order valence-corrected chi connectivity index (χ2v) is 7.41. The van der Waals surface area contributed by atoms with E-state index in [4.69, 9.17) is 9.47 Å². The molecule has 1 aromatic rings. The van der Waals surface area contributed by atoms with Gasteiger partial charge in [0.2, 0.25) is 11.8 Å². The lowest BCUT2D eigenvalue weighted by Crippen LogP contribution is -2.52. The predicted octanol–water partition coefficient (Wildman–Crippen LogP) is 2.50. The highest BCUT2D eigenvalue weighted by atomic mass is 16.5. The number of rotatable bonds is 5. The van der Waals surface area contributed by atoms with Crippen LogP contribution in [0, 0.1) is 5.92 Å². The Morgan fingerprint density at radius 1 is 0.926 bits per heavy atom. The van der Waals surface area contributed by atoms with Crippen LogP contribution in [0.15, 0.2) is 18.2 Å². The summed E-state index contributed by atoms with van der Waals surface area (Å²) in [5.41, 5.74) is 0.901. The third-order valence-electron chi connectivity index (χ3n) is 5.70. The van der Waals surface area contributed by atoms with Crippen LogP contribution in [0.1, 0.15) is 37.7 Å². The molecule has 1 aliphatic carbocycles. The van der Waals surface area contributed by atoms with E-state index in [-0.39, 0.29) is 11.8 Å². The number of amides is 2. The van der Waals surface area contributed by atoms with Crippen LogP contribution in [-0.2, 0) is 16.0 Å². The Hall–Kier alpha value is -2.24. The van der Waals surface area contributed by atoms with Crippen molar-refractivity contribution in [3.63, 3.8) is 0 Å². The third kappa shape index (κ3) is 4.73. The van der Waals surface area contributed by atoms with Gasteiger partial charge in [0, 0.05) is 32.1 Å². The zero-order valence-corrected chi connectivity index (χ0v) is 16.4. The van der Waals surface area contributed by atoms with Crippen molar-refractivity contribution in [3.8, 4) is 11.5 Å². The van der Waals surface area contributed by atoms with Gasteiger partial charge in [-0.15, -0.1) is 0 Å². The maximum atomic E-state index is 12.7. The maximum Gasteiger partial charge on any atom is 0.227 e. The summed E-state index contributed by atoms with van der Waals surface area (Å²) in [6, 6.07) is 5.56. The first kappa shape index (κ1) is 19.5. The molecule has 2 amide bonds. The molecule has 1 aliphatic heterocycles. The first-order chi connectivity index (χ1) is 13.1. The number of hydrogen-bond acceptors (Lipinski definition) is 4. The fourth-order valence-corrected chi connectivity index (χ4v) is 4.06. The van der Waals surface area contributed by atoms with E-state index in [1.165, 1.54) is 19.3 Å². The van der Waals surface area contributed by atoms with Gasteiger partial charge in [0.05, 0.1) is 20.6 Å². The van der Waals surface area contributed by atoms with Crippen LogP contribution in [0.25, 0.3) is 0 Å². The standard InChI is InChI=1S/C21H30N2O4/c1-26-18-9-8-16(14-19(18)27-2)15-20(24)22-10-12-23(13-11-22)21(25)17-6-4-3-5-7-17/h8-9,14,17H,3-7,10-13,15H2,1-2H3. The van der Waals surface area contributed by atoms with Crippen LogP contribution in [0.4, 0.5) is 0 Å². The molecule has 1 saturated heterocycles. The van der Waals surface area contributed by atoms with Gasteiger partial charge in [-0.05, 0) is 30.5 Å². The van der Waals surface area contributed by atoms with Gasteiger partial charge in [0.15, 0.2) is 11.5 Å². The van der Waals surface area contributed by atoms with Gasteiger partial charge >= 0.3 is 0 Å². The predicted molar refractivity (Wildman–Crippen MR) is 103 cm³/mol. The Bertz CT molecular complexity index is 662. The summed E-state index contributed by atoms with van der Waals surface area (Å²) >= 11 is 0. The molecular formula is C21H30N2O4. The number of ether oxygens (including phenoxy) is 2. The molecule has 2 aliphatic rings. The molecule has 0 atom stereocenters. The van der Waals surface area contributed by atoms with E-state index in [1.54, 1.807) is 14.2 Å². The fraction of sp³-hybridized carbons (Fsp3) is 0.619. The lowest BCUT2D eigenvalue weighted by molar-refractivity contribution is -0.142. The number of benzene rings is 1. The molecule has 2 fully saturated rings. The van der Waals surface area contributed by atoms with Gasteiger partial charge in [-0.1, -0.05) is 25.3 Å². The van der Waals surface area contributed by atoms with E-state index < -0.39 is 0 Å². The van der Waals surface area contributed by atoms with Crippen LogP contribution >= 0.6 is 0 Å². The van der Waals surface area contributed by atoms with E-state index in [0.29, 0.717) is 50.0 Å². The number of nitrogens with zero attached hydrogens (tertiary/aromatic N) is 2. The van der Waals surface area contributed by atoms with Gasteiger partial charge in [0.25, 0.3) is 0 Å². The quantitative estimate of drug-likeness (QED) is 0.795. The normalized spacial score (nSPS) is 18.3. The summed E-state index contributed by atoms with van der Waals surface area (Å²) in [6.45, 7) is 2.52. The molecule has 1 heterocycles. The zero-order chi connectivity index (χ0) is 19.2. The summed E-state index contributed by atoms with van der Waals surface area (Å²) in [5.74, 6) is 1.87. The molecule has 0 N–H and O–H groups in total. The number of carbonyl (C=O) groups excluding carboxylic acids is 2. The molecule has 0 bridgehead atoms. The Labute approximate surface area is 161 Å². The molecular weight excluding hydrogens is 344 g/mol. The van der Waals surface area contributed by atoms with Crippen molar-refractivity contribution in [2.45, 2.75) is 38.5 Å². The zero-order valence-electron chi connectivity index (χ0n) is 16.4. The number of methoxy groups -OCH3 is 2. The molecule has 0 spiro atoms. The van der Waals surface area contributed by atoms with Crippen molar-refractivity contribution >= 4 is 11.8 Å². The van der Waals surface area contributed by atoms with Gasteiger partial charge < -0.3 is 19.3 Å². The van der Waals surface area contributed by atoms with Crippen LogP contribution in [0.5, 0.6) is 11.5 Å². The minimum Gasteiger partial charge on any atom is -0.493 e. The molecule has 6 heteroatoms. The minimum absolute atomic E-state index is 0.0898. The van der Waals surface area contributed by atoms with E-state index in [2.05, 4.69) is 0 Å². The molecule has 0 unspecified atom stereocenters. The van der Waals surface area contributed by atoms with E-state index >= 15 is 0 Å². The second-order valence-electron chi connectivity index (χ2n) is 7.41. The Morgan fingerprint density at radius 2 is 1.56 bits per heavy atom. The highest BCUT2D eigenvalue weighted by Gasteiger charge is 2.29. The maximum absolute atomic E-state index is 12.7. The largest absolute Gasteiger partial charge is 0.493 e. The van der Waals surface area contributed by atoms with Crippen molar-refractivity contribution in [2.24, 2.45) is 5.92 Å². The number of hydrogen-bond donors (Lipinski definition) is 0. The van der Waals surface area contributed by atoms with Crippen LogP contribution in [0.3, 0.4) is 0 Å². The second kappa shape index (κ2) is 9.11. The van der Waals surface area contributed by atoms with E-state index in [1.807, 2.05) is 28.0 Å². The smallest absolute Gasteiger partial charge is 0.227 e. The number of piperazine rings is 1. The fourth-order valence-electron chi connectivity index (χ4n) is 4.06. The van der Waals surface area contributed by atoms with Gasteiger partial charge in [0.1, 0.15) is 0 Å². The third-order valence-corrected chi connectivity index (χ3v) is 5.70. The lowest BCUT2D eigenvalue weighted by Gasteiger charge is -2.37. The van der Waals surface area contributed by atoms with Crippen molar-refractivity contribution in [3.05, 3.63) is 23.8 Å². The van der Waals surface area contributed by atoms with Crippen molar-refractivity contribution in [2.75, 3.05) is 40.4 Å². The summed E-state index contributed by atoms with van der Waals surface area (Å²) in [5, 5.41) is 0. The highest BCUT2D eigenvalue weighted by molar-refractivity contribution is 5.81. The summed E-state index contributed by atoms with van der Waals surface area (Å²) in [4.78, 5) is 29.1. The lowest BCUT2D eigenvalue weighted by atomic mass is 9.88. The Morgan fingerprint density at radius 3 is 2.19 bits per heavy atom. The summed E-state index contributed by atoms with van der Waals surface area (Å²) < 4.78 is 10.5. The number of carbonyl (C=O) groups is 2. The molecule has 27 heavy (non-hydrogen) atoms.